The summed E-state index contributed by atoms with van der Waals surface area (Å²) in [6.07, 6.45) is 0.193. The van der Waals surface area contributed by atoms with Gasteiger partial charge >= 0.3 is 5.97 Å². The number of benzene rings is 1. The molecule has 4 nitrogen and oxygen atoms in total. The molecule has 1 aromatic rings. The summed E-state index contributed by atoms with van der Waals surface area (Å²) < 4.78 is 23.8. The van der Waals surface area contributed by atoms with Crippen molar-refractivity contribution in [2.45, 2.75) is 25.2 Å². The number of hydrogen-bond acceptors (Lipinski definition) is 3. The highest BCUT2D eigenvalue weighted by molar-refractivity contribution is 7.95. The molecule has 0 atom stereocenters. The van der Waals surface area contributed by atoms with Crippen LogP contribution in [0.5, 0.6) is 0 Å². The molecule has 0 aliphatic carbocycles. The smallest absolute Gasteiger partial charge is 0.309 e. The van der Waals surface area contributed by atoms with E-state index in [0.29, 0.717) is 11.1 Å². The van der Waals surface area contributed by atoms with Crippen molar-refractivity contribution in [1.29, 1.82) is 0 Å². The van der Waals surface area contributed by atoms with Gasteiger partial charge in [-0.3, -0.25) is 4.79 Å². The molecule has 0 radical (unpaired) electrons. The first kappa shape index (κ1) is 12.8. The fourth-order valence-corrected chi connectivity index (χ4v) is 3.47. The van der Waals surface area contributed by atoms with Gasteiger partial charge in [0.1, 0.15) is 0 Å². The summed E-state index contributed by atoms with van der Waals surface area (Å²) in [5, 5.41) is 10.3. The number of aliphatic carboxylic acids is 1. The number of allylic oxidation sites excluding steroid dienone is 1. The van der Waals surface area contributed by atoms with Gasteiger partial charge in [0.2, 0.25) is 9.84 Å². The second kappa shape index (κ2) is 3.95. The Morgan fingerprint density at radius 2 is 1.89 bits per heavy atom. The number of hydrogen-bond donors (Lipinski definition) is 1. The third kappa shape index (κ3) is 2.06. The molecule has 0 aromatic heterocycles. The van der Waals surface area contributed by atoms with Gasteiger partial charge < -0.3 is 5.11 Å². The Morgan fingerprint density at radius 3 is 2.50 bits per heavy atom. The Kier molecular flexibility index (Phi) is 2.81. The van der Waals surface area contributed by atoms with E-state index in [-0.39, 0.29) is 11.3 Å². The molecule has 5 heteroatoms. The van der Waals surface area contributed by atoms with Crippen LogP contribution in [0.25, 0.3) is 5.57 Å². The SMILES string of the molecule is CC(C)(CC1=CS(=O)(=O)c2ccccc21)C(=O)O. The number of carboxylic acids is 1. The van der Waals surface area contributed by atoms with E-state index in [2.05, 4.69) is 0 Å². The van der Waals surface area contributed by atoms with Crippen molar-refractivity contribution in [3.05, 3.63) is 35.2 Å². The van der Waals surface area contributed by atoms with Crippen molar-refractivity contribution < 1.29 is 18.3 Å². The lowest BCUT2D eigenvalue weighted by Crippen LogP contribution is -2.23. The molecule has 0 saturated heterocycles. The molecule has 96 valence electrons. The summed E-state index contributed by atoms with van der Waals surface area (Å²) in [7, 11) is -3.41. The topological polar surface area (TPSA) is 71.4 Å². The van der Waals surface area contributed by atoms with Gasteiger partial charge in [-0.15, -0.1) is 0 Å². The van der Waals surface area contributed by atoms with E-state index in [4.69, 9.17) is 5.11 Å². The molecule has 0 bridgehead atoms. The average Bonchev–Trinajstić information content (AvgIpc) is 2.51. The van der Waals surface area contributed by atoms with E-state index in [0.717, 1.165) is 0 Å². The lowest BCUT2D eigenvalue weighted by atomic mass is 9.84. The van der Waals surface area contributed by atoms with Gasteiger partial charge in [-0.25, -0.2) is 8.42 Å². The van der Waals surface area contributed by atoms with Crippen molar-refractivity contribution in [2.75, 3.05) is 0 Å². The molecule has 1 N–H and O–H groups in total. The Morgan fingerprint density at radius 1 is 1.28 bits per heavy atom. The van der Waals surface area contributed by atoms with Crippen LogP contribution in [-0.2, 0) is 14.6 Å². The Bertz CT molecular complexity index is 639. The number of rotatable bonds is 3. The molecule has 0 unspecified atom stereocenters. The van der Waals surface area contributed by atoms with Gasteiger partial charge in [0, 0.05) is 5.41 Å². The number of carboxylic acid groups (broad SMARTS) is 1. The van der Waals surface area contributed by atoms with Crippen LogP contribution in [0.1, 0.15) is 25.8 Å². The zero-order valence-corrected chi connectivity index (χ0v) is 11.0. The summed E-state index contributed by atoms with van der Waals surface area (Å²) >= 11 is 0. The molecule has 0 saturated carbocycles. The summed E-state index contributed by atoms with van der Waals surface area (Å²) in [6, 6.07) is 6.67. The standard InChI is InChI=1S/C13H14O4S/c1-13(2,12(14)15)7-9-8-18(16,17)11-6-4-3-5-10(9)11/h3-6,8H,7H2,1-2H3,(H,14,15). The van der Waals surface area contributed by atoms with E-state index in [1.54, 1.807) is 38.1 Å². The first-order valence-corrected chi connectivity index (χ1v) is 7.07. The predicted octanol–water partition coefficient (Wildman–Crippen LogP) is 2.32. The zero-order chi connectivity index (χ0) is 13.6. The molecule has 18 heavy (non-hydrogen) atoms. The van der Waals surface area contributed by atoms with E-state index in [9.17, 15) is 13.2 Å². The molecule has 1 aliphatic heterocycles. The van der Waals surface area contributed by atoms with Crippen molar-refractivity contribution in [2.24, 2.45) is 5.41 Å². The number of sulfone groups is 1. The highest BCUT2D eigenvalue weighted by Gasteiger charge is 2.34. The normalized spacial score (nSPS) is 17.1. The average molecular weight is 266 g/mol. The molecular weight excluding hydrogens is 252 g/mol. The highest BCUT2D eigenvalue weighted by atomic mass is 32.2. The fourth-order valence-electron chi connectivity index (χ4n) is 1.98. The second-order valence-electron chi connectivity index (χ2n) is 5.05. The van der Waals surface area contributed by atoms with Gasteiger partial charge in [0.05, 0.1) is 10.3 Å². The number of fused-ring (bicyclic) bond motifs is 1. The lowest BCUT2D eigenvalue weighted by molar-refractivity contribution is -0.146. The van der Waals surface area contributed by atoms with E-state index in [1.807, 2.05) is 0 Å². The molecule has 0 spiro atoms. The maximum absolute atomic E-state index is 11.9. The van der Waals surface area contributed by atoms with Crippen LogP contribution in [0, 0.1) is 5.41 Å². The van der Waals surface area contributed by atoms with E-state index < -0.39 is 21.2 Å². The lowest BCUT2D eigenvalue weighted by Gasteiger charge is -2.19. The summed E-state index contributed by atoms with van der Waals surface area (Å²) in [4.78, 5) is 11.4. The maximum atomic E-state index is 11.9. The summed E-state index contributed by atoms with van der Waals surface area (Å²) in [6.45, 7) is 3.17. The molecule has 1 aromatic carbocycles. The molecule has 1 heterocycles. The first-order chi connectivity index (χ1) is 8.24. The van der Waals surface area contributed by atoms with Crippen LogP contribution in [0.4, 0.5) is 0 Å². The Balaban J connectivity index is 2.47. The molecular formula is C13H14O4S. The summed E-state index contributed by atoms with van der Waals surface area (Å²) in [5.74, 6) is -0.940. The van der Waals surface area contributed by atoms with Crippen LogP contribution < -0.4 is 0 Å². The van der Waals surface area contributed by atoms with Crippen LogP contribution in [0.15, 0.2) is 34.6 Å². The largest absolute Gasteiger partial charge is 0.481 e. The van der Waals surface area contributed by atoms with Gasteiger partial charge in [0.15, 0.2) is 0 Å². The first-order valence-electron chi connectivity index (χ1n) is 5.52. The minimum absolute atomic E-state index is 0.193. The van der Waals surface area contributed by atoms with E-state index >= 15 is 0 Å². The zero-order valence-electron chi connectivity index (χ0n) is 10.2. The maximum Gasteiger partial charge on any atom is 0.309 e. The molecule has 0 fully saturated rings. The van der Waals surface area contributed by atoms with Gasteiger partial charge in [-0.1, -0.05) is 18.2 Å². The van der Waals surface area contributed by atoms with Crippen LogP contribution in [0.2, 0.25) is 0 Å². The van der Waals surface area contributed by atoms with Crippen molar-refractivity contribution in [1.82, 2.24) is 0 Å². The fraction of sp³-hybridized carbons (Fsp3) is 0.308. The quantitative estimate of drug-likeness (QED) is 0.911. The van der Waals surface area contributed by atoms with Crippen molar-refractivity contribution in [3.63, 3.8) is 0 Å². The van der Waals surface area contributed by atoms with Crippen LogP contribution in [0.3, 0.4) is 0 Å². The molecule has 0 amide bonds. The van der Waals surface area contributed by atoms with Crippen molar-refractivity contribution >= 4 is 21.4 Å². The minimum Gasteiger partial charge on any atom is -0.481 e. The third-order valence-electron chi connectivity index (χ3n) is 3.05. The van der Waals surface area contributed by atoms with Crippen molar-refractivity contribution in [3.8, 4) is 0 Å². The monoisotopic (exact) mass is 266 g/mol. The molecule has 1 aliphatic rings. The summed E-state index contributed by atoms with van der Waals surface area (Å²) in [5.41, 5.74) is 0.198. The Hall–Kier alpha value is -1.62. The van der Waals surface area contributed by atoms with E-state index in [1.165, 1.54) is 5.41 Å². The third-order valence-corrected chi connectivity index (χ3v) is 4.61. The van der Waals surface area contributed by atoms with Gasteiger partial charge in [-0.05, 0) is 37.5 Å². The molecule has 2 rings (SSSR count). The minimum atomic E-state index is -3.41. The van der Waals surface area contributed by atoms with Gasteiger partial charge in [-0.2, -0.15) is 0 Å². The van der Waals surface area contributed by atoms with Gasteiger partial charge in [0.25, 0.3) is 0 Å². The highest BCUT2D eigenvalue weighted by Crippen LogP contribution is 2.39. The number of carbonyl (C=O) groups is 1. The van der Waals surface area contributed by atoms with Crippen LogP contribution in [-0.4, -0.2) is 19.5 Å². The second-order valence-corrected chi connectivity index (χ2v) is 6.82. The predicted molar refractivity (Wildman–Crippen MR) is 67.6 cm³/mol. The Labute approximate surface area is 106 Å². The van der Waals surface area contributed by atoms with Crippen LogP contribution >= 0.6 is 0 Å².